The number of halogens is 1. The van der Waals surface area contributed by atoms with Crippen molar-refractivity contribution in [1.29, 1.82) is 0 Å². The van der Waals surface area contributed by atoms with E-state index in [2.05, 4.69) is 10.2 Å². The van der Waals surface area contributed by atoms with E-state index in [0.717, 1.165) is 36.2 Å². The van der Waals surface area contributed by atoms with E-state index in [0.29, 0.717) is 13.1 Å². The molecule has 1 saturated heterocycles. The van der Waals surface area contributed by atoms with Gasteiger partial charge in [-0.2, -0.15) is 0 Å². The molecule has 1 aliphatic rings. The van der Waals surface area contributed by atoms with E-state index >= 15 is 0 Å². The van der Waals surface area contributed by atoms with Crippen molar-refractivity contribution in [2.24, 2.45) is 11.7 Å². The second kappa shape index (κ2) is 9.17. The topological polar surface area (TPSA) is 75.4 Å². The van der Waals surface area contributed by atoms with E-state index in [-0.39, 0.29) is 23.5 Å². The van der Waals surface area contributed by atoms with Crippen LogP contribution in [-0.2, 0) is 16.1 Å². The first-order chi connectivity index (χ1) is 13.5. The highest BCUT2D eigenvalue weighted by Gasteiger charge is 2.23. The van der Waals surface area contributed by atoms with Gasteiger partial charge in [-0.3, -0.25) is 9.59 Å². The number of hydrogen-bond donors (Lipinski definition) is 2. The third-order valence-electron chi connectivity index (χ3n) is 4.89. The molecule has 0 bridgehead atoms. The maximum absolute atomic E-state index is 12.9. The number of carbonyl (C=O) groups excluding carboxylic acids is 2. The summed E-state index contributed by atoms with van der Waals surface area (Å²) in [6.45, 7) is 1.98. The van der Waals surface area contributed by atoms with Gasteiger partial charge in [-0.05, 0) is 54.3 Å². The van der Waals surface area contributed by atoms with Crippen LogP contribution >= 0.6 is 0 Å². The summed E-state index contributed by atoms with van der Waals surface area (Å²) in [5, 5.41) is 2.83. The number of carbonyl (C=O) groups is 2. The zero-order valence-corrected chi connectivity index (χ0v) is 15.6. The summed E-state index contributed by atoms with van der Waals surface area (Å²) in [5.41, 5.74) is 8.24. The van der Waals surface area contributed by atoms with Crippen molar-refractivity contribution in [1.82, 2.24) is 5.32 Å². The molecule has 3 N–H and O–H groups in total. The molecular formula is C22H24FN3O2. The zero-order chi connectivity index (χ0) is 19.9. The van der Waals surface area contributed by atoms with Gasteiger partial charge >= 0.3 is 0 Å². The van der Waals surface area contributed by atoms with Crippen molar-refractivity contribution in [3.8, 4) is 0 Å². The number of nitrogens with one attached hydrogen (secondary N) is 1. The zero-order valence-electron chi connectivity index (χ0n) is 15.6. The van der Waals surface area contributed by atoms with Crippen LogP contribution in [0.5, 0.6) is 0 Å². The lowest BCUT2D eigenvalue weighted by molar-refractivity contribution is -0.122. The minimum Gasteiger partial charge on any atom is -0.371 e. The van der Waals surface area contributed by atoms with Crippen LogP contribution in [0.2, 0.25) is 0 Å². The van der Waals surface area contributed by atoms with Gasteiger partial charge in [-0.15, -0.1) is 0 Å². The Bertz CT molecular complexity index is 847. The van der Waals surface area contributed by atoms with E-state index in [1.165, 1.54) is 18.2 Å². The Morgan fingerprint density at radius 3 is 2.54 bits per heavy atom. The normalized spacial score (nSPS) is 16.9. The number of primary amides is 1. The van der Waals surface area contributed by atoms with Crippen LogP contribution < -0.4 is 16.0 Å². The van der Waals surface area contributed by atoms with Crippen LogP contribution in [0.3, 0.4) is 0 Å². The molecule has 1 fully saturated rings. The van der Waals surface area contributed by atoms with Crippen molar-refractivity contribution in [3.63, 3.8) is 0 Å². The summed E-state index contributed by atoms with van der Waals surface area (Å²) >= 11 is 0. The summed E-state index contributed by atoms with van der Waals surface area (Å²) in [4.78, 5) is 25.5. The molecule has 2 aromatic rings. The van der Waals surface area contributed by atoms with Crippen LogP contribution in [0.4, 0.5) is 10.1 Å². The van der Waals surface area contributed by atoms with Gasteiger partial charge in [0.2, 0.25) is 11.8 Å². The summed E-state index contributed by atoms with van der Waals surface area (Å²) in [6, 6.07) is 13.9. The van der Waals surface area contributed by atoms with Crippen LogP contribution in [0.1, 0.15) is 24.0 Å². The first-order valence-electron chi connectivity index (χ1n) is 9.36. The number of nitrogens with zero attached hydrogens (tertiary/aromatic N) is 1. The molecule has 1 atom stereocenters. The Balaban J connectivity index is 1.50. The van der Waals surface area contributed by atoms with E-state index in [9.17, 15) is 14.0 Å². The number of benzene rings is 2. The molecule has 0 saturated carbocycles. The lowest BCUT2D eigenvalue weighted by atomic mass is 9.97. The molecular weight excluding hydrogens is 357 g/mol. The number of piperidine rings is 1. The molecule has 28 heavy (non-hydrogen) atoms. The first kappa shape index (κ1) is 19.6. The third kappa shape index (κ3) is 5.42. The minimum atomic E-state index is -0.306. The Labute approximate surface area is 164 Å². The standard InChI is InChI=1S/C22H24FN3O2/c23-19-8-3-16(4-9-19)7-12-21(27)25-14-17-5-10-20(11-6-17)26-13-1-2-18(15-26)22(24)28/h3-12,18H,1-2,13-15H2,(H2,24,28)(H,25,27). The fourth-order valence-electron chi connectivity index (χ4n) is 3.26. The molecule has 146 valence electrons. The smallest absolute Gasteiger partial charge is 0.244 e. The third-order valence-corrected chi connectivity index (χ3v) is 4.89. The average Bonchev–Trinajstić information content (AvgIpc) is 2.72. The van der Waals surface area contributed by atoms with E-state index in [1.54, 1.807) is 18.2 Å². The van der Waals surface area contributed by atoms with Crippen molar-refractivity contribution >= 4 is 23.6 Å². The Morgan fingerprint density at radius 1 is 1.14 bits per heavy atom. The number of rotatable bonds is 6. The summed E-state index contributed by atoms with van der Waals surface area (Å²) < 4.78 is 12.9. The van der Waals surface area contributed by atoms with Gasteiger partial charge in [0.25, 0.3) is 0 Å². The number of hydrogen-bond acceptors (Lipinski definition) is 3. The lowest BCUT2D eigenvalue weighted by Gasteiger charge is -2.33. The monoisotopic (exact) mass is 381 g/mol. The molecule has 3 rings (SSSR count). The molecule has 5 nitrogen and oxygen atoms in total. The van der Waals surface area contributed by atoms with Crippen LogP contribution in [0, 0.1) is 11.7 Å². The average molecular weight is 381 g/mol. The predicted molar refractivity (Wildman–Crippen MR) is 108 cm³/mol. The quantitative estimate of drug-likeness (QED) is 0.756. The summed E-state index contributed by atoms with van der Waals surface area (Å²) in [7, 11) is 0. The van der Waals surface area contributed by atoms with Crippen molar-refractivity contribution in [2.75, 3.05) is 18.0 Å². The maximum atomic E-state index is 12.9. The molecule has 1 unspecified atom stereocenters. The fraction of sp³-hybridized carbons (Fsp3) is 0.273. The highest BCUT2D eigenvalue weighted by Crippen LogP contribution is 2.23. The van der Waals surface area contributed by atoms with Crippen molar-refractivity contribution in [2.45, 2.75) is 19.4 Å². The molecule has 0 aliphatic carbocycles. The number of amides is 2. The Morgan fingerprint density at radius 2 is 1.86 bits per heavy atom. The van der Waals surface area contributed by atoms with E-state index < -0.39 is 0 Å². The van der Waals surface area contributed by atoms with Gasteiger partial charge in [0.15, 0.2) is 0 Å². The second-order valence-electron chi connectivity index (χ2n) is 6.96. The van der Waals surface area contributed by atoms with Crippen LogP contribution in [-0.4, -0.2) is 24.9 Å². The van der Waals surface area contributed by atoms with Gasteiger partial charge in [0.05, 0.1) is 5.92 Å². The molecule has 0 aromatic heterocycles. The highest BCUT2D eigenvalue weighted by atomic mass is 19.1. The molecule has 0 spiro atoms. The SMILES string of the molecule is NC(=O)C1CCCN(c2ccc(CNC(=O)C=Cc3ccc(F)cc3)cc2)C1. The van der Waals surface area contributed by atoms with Crippen LogP contribution in [0.15, 0.2) is 54.6 Å². The van der Waals surface area contributed by atoms with Gasteiger partial charge in [0, 0.05) is 31.4 Å². The Hall–Kier alpha value is -3.15. The summed E-state index contributed by atoms with van der Waals surface area (Å²) in [5.74, 6) is -0.855. The Kier molecular flexibility index (Phi) is 6.42. The molecule has 2 amide bonds. The second-order valence-corrected chi connectivity index (χ2v) is 6.96. The van der Waals surface area contributed by atoms with E-state index in [1.807, 2.05) is 24.3 Å². The molecule has 2 aromatic carbocycles. The maximum Gasteiger partial charge on any atom is 0.244 e. The van der Waals surface area contributed by atoms with Crippen LogP contribution in [0.25, 0.3) is 6.08 Å². The van der Waals surface area contributed by atoms with Crippen molar-refractivity contribution < 1.29 is 14.0 Å². The number of nitrogens with two attached hydrogens (primary N) is 1. The fourth-order valence-corrected chi connectivity index (χ4v) is 3.26. The van der Waals surface area contributed by atoms with Gasteiger partial charge < -0.3 is 16.0 Å². The predicted octanol–water partition coefficient (Wildman–Crippen LogP) is 2.86. The highest BCUT2D eigenvalue weighted by molar-refractivity contribution is 5.91. The summed E-state index contributed by atoms with van der Waals surface area (Å²) in [6.07, 6.45) is 4.87. The van der Waals surface area contributed by atoms with Gasteiger partial charge in [-0.25, -0.2) is 4.39 Å². The molecule has 6 heteroatoms. The first-order valence-corrected chi connectivity index (χ1v) is 9.36. The molecule has 0 radical (unpaired) electrons. The van der Waals surface area contributed by atoms with Crippen molar-refractivity contribution in [3.05, 3.63) is 71.6 Å². The molecule has 1 heterocycles. The lowest BCUT2D eigenvalue weighted by Crippen LogP contribution is -2.41. The minimum absolute atomic E-state index is 0.0967. The van der Waals surface area contributed by atoms with E-state index in [4.69, 9.17) is 5.73 Å². The largest absolute Gasteiger partial charge is 0.371 e. The van der Waals surface area contributed by atoms with Gasteiger partial charge in [-0.1, -0.05) is 24.3 Å². The van der Waals surface area contributed by atoms with Gasteiger partial charge in [0.1, 0.15) is 5.82 Å². The molecule has 1 aliphatic heterocycles. The number of anilines is 1.